The molecule has 20 heavy (non-hydrogen) atoms. The molecule has 2 rings (SSSR count). The molecule has 0 bridgehead atoms. The molecule has 1 aromatic carbocycles. The third kappa shape index (κ3) is 3.31. The molecule has 0 atom stereocenters. The van der Waals surface area contributed by atoms with Crippen molar-refractivity contribution in [2.45, 2.75) is 13.8 Å². The van der Waals surface area contributed by atoms with Crippen LogP contribution < -0.4 is 10.2 Å². The zero-order valence-electron chi connectivity index (χ0n) is 12.4. The van der Waals surface area contributed by atoms with Gasteiger partial charge in [0.2, 0.25) is 0 Å². The number of thiocarbonyl (C=S) groups is 1. The van der Waals surface area contributed by atoms with Crippen molar-refractivity contribution >= 4 is 23.0 Å². The summed E-state index contributed by atoms with van der Waals surface area (Å²) < 4.78 is 0. The minimum atomic E-state index is 0.732. The van der Waals surface area contributed by atoms with Crippen molar-refractivity contribution in [3.63, 3.8) is 0 Å². The van der Waals surface area contributed by atoms with Gasteiger partial charge in [0, 0.05) is 38.4 Å². The summed E-state index contributed by atoms with van der Waals surface area (Å²) >= 11 is 5.39. The highest BCUT2D eigenvalue weighted by Gasteiger charge is 2.20. The van der Waals surface area contributed by atoms with Gasteiger partial charge in [0.05, 0.1) is 0 Å². The minimum Gasteiger partial charge on any atom is -0.368 e. The smallest absolute Gasteiger partial charge is 0.169 e. The predicted octanol–water partition coefficient (Wildman–Crippen LogP) is 2.49. The van der Waals surface area contributed by atoms with Gasteiger partial charge in [-0.1, -0.05) is 24.3 Å². The van der Waals surface area contributed by atoms with Crippen molar-refractivity contribution in [3.05, 3.63) is 42.0 Å². The van der Waals surface area contributed by atoms with Crippen LogP contribution in [-0.2, 0) is 0 Å². The molecular weight excluding hydrogens is 266 g/mol. The van der Waals surface area contributed by atoms with E-state index in [1.807, 2.05) is 6.08 Å². The average molecular weight is 289 g/mol. The standard InChI is InChI=1S/C16H23N3S/c1-4-8-17-16(20)19-11-9-18(10-12-19)15-13(2)6-5-7-14(15)3/h4-7H,1,8-12H2,2-3H3,(H,17,20). The monoisotopic (exact) mass is 289 g/mol. The highest BCUT2D eigenvalue weighted by atomic mass is 32.1. The zero-order chi connectivity index (χ0) is 14.5. The summed E-state index contributed by atoms with van der Waals surface area (Å²) in [7, 11) is 0. The number of aryl methyl sites for hydroxylation is 2. The first kappa shape index (κ1) is 14.9. The largest absolute Gasteiger partial charge is 0.368 e. The van der Waals surface area contributed by atoms with Gasteiger partial charge in [-0.2, -0.15) is 0 Å². The molecule has 0 radical (unpaired) electrons. The van der Waals surface area contributed by atoms with E-state index in [-0.39, 0.29) is 0 Å². The van der Waals surface area contributed by atoms with Crippen molar-refractivity contribution in [3.8, 4) is 0 Å². The van der Waals surface area contributed by atoms with E-state index in [0.29, 0.717) is 0 Å². The van der Waals surface area contributed by atoms with Crippen LogP contribution in [0.15, 0.2) is 30.9 Å². The molecule has 1 saturated heterocycles. The van der Waals surface area contributed by atoms with E-state index in [0.717, 1.165) is 37.8 Å². The van der Waals surface area contributed by atoms with Gasteiger partial charge >= 0.3 is 0 Å². The highest BCUT2D eigenvalue weighted by Crippen LogP contribution is 2.25. The lowest BCUT2D eigenvalue weighted by atomic mass is 10.1. The van der Waals surface area contributed by atoms with Crippen molar-refractivity contribution < 1.29 is 0 Å². The molecule has 1 aromatic rings. The Balaban J connectivity index is 1.97. The normalized spacial score (nSPS) is 15.1. The van der Waals surface area contributed by atoms with Crippen LogP contribution in [0.2, 0.25) is 0 Å². The Morgan fingerprint density at radius 3 is 2.40 bits per heavy atom. The maximum Gasteiger partial charge on any atom is 0.169 e. The molecule has 1 aliphatic rings. The van der Waals surface area contributed by atoms with E-state index < -0.39 is 0 Å². The molecule has 0 spiro atoms. The van der Waals surface area contributed by atoms with Gasteiger partial charge in [-0.05, 0) is 37.2 Å². The van der Waals surface area contributed by atoms with Crippen LogP contribution in [0.1, 0.15) is 11.1 Å². The summed E-state index contributed by atoms with van der Waals surface area (Å²) in [6.07, 6.45) is 1.83. The van der Waals surface area contributed by atoms with Gasteiger partial charge in [0.25, 0.3) is 0 Å². The summed E-state index contributed by atoms with van der Waals surface area (Å²) in [5, 5.41) is 4.04. The maximum atomic E-state index is 5.39. The van der Waals surface area contributed by atoms with E-state index in [4.69, 9.17) is 12.2 Å². The minimum absolute atomic E-state index is 0.732. The van der Waals surface area contributed by atoms with Crippen molar-refractivity contribution in [2.24, 2.45) is 0 Å². The van der Waals surface area contributed by atoms with Crippen LogP contribution in [0.4, 0.5) is 5.69 Å². The van der Waals surface area contributed by atoms with Gasteiger partial charge in [-0.15, -0.1) is 6.58 Å². The Labute approximate surface area is 127 Å². The average Bonchev–Trinajstić information content (AvgIpc) is 2.45. The SMILES string of the molecule is C=CCNC(=S)N1CCN(c2c(C)cccc2C)CC1. The fourth-order valence-electron chi connectivity index (χ4n) is 2.71. The number of hydrogen-bond acceptors (Lipinski definition) is 2. The zero-order valence-corrected chi connectivity index (χ0v) is 13.2. The van der Waals surface area contributed by atoms with Gasteiger partial charge < -0.3 is 15.1 Å². The van der Waals surface area contributed by atoms with E-state index >= 15 is 0 Å². The second kappa shape index (κ2) is 6.75. The van der Waals surface area contributed by atoms with Gasteiger partial charge in [0.15, 0.2) is 5.11 Å². The van der Waals surface area contributed by atoms with Crippen molar-refractivity contribution in [2.75, 3.05) is 37.6 Å². The molecule has 1 heterocycles. The van der Waals surface area contributed by atoms with E-state index in [9.17, 15) is 0 Å². The van der Waals surface area contributed by atoms with Crippen LogP contribution >= 0.6 is 12.2 Å². The fraction of sp³-hybridized carbons (Fsp3) is 0.438. The molecular formula is C16H23N3S. The second-order valence-corrected chi connectivity index (χ2v) is 5.58. The molecule has 0 aromatic heterocycles. The fourth-order valence-corrected chi connectivity index (χ4v) is 2.97. The quantitative estimate of drug-likeness (QED) is 0.680. The van der Waals surface area contributed by atoms with Crippen molar-refractivity contribution in [1.82, 2.24) is 10.2 Å². The number of piperazine rings is 1. The molecule has 0 amide bonds. The Hall–Kier alpha value is -1.55. The first-order chi connectivity index (χ1) is 9.63. The maximum absolute atomic E-state index is 5.39. The number of benzene rings is 1. The van der Waals surface area contributed by atoms with Gasteiger partial charge in [-0.25, -0.2) is 0 Å². The van der Waals surface area contributed by atoms with Crippen molar-refractivity contribution in [1.29, 1.82) is 0 Å². The first-order valence-corrected chi connectivity index (χ1v) is 7.49. The lowest BCUT2D eigenvalue weighted by Crippen LogP contribution is -2.52. The van der Waals surface area contributed by atoms with Gasteiger partial charge in [0.1, 0.15) is 0 Å². The first-order valence-electron chi connectivity index (χ1n) is 7.08. The molecule has 0 unspecified atom stereocenters. The number of nitrogens with zero attached hydrogens (tertiary/aromatic N) is 2. The van der Waals surface area contributed by atoms with E-state index in [2.05, 4.69) is 53.7 Å². The number of para-hydroxylation sites is 1. The van der Waals surface area contributed by atoms with Crippen LogP contribution in [0.5, 0.6) is 0 Å². The number of rotatable bonds is 3. The molecule has 1 N–H and O–H groups in total. The Bertz CT molecular complexity index is 470. The van der Waals surface area contributed by atoms with Crippen LogP contribution in [-0.4, -0.2) is 42.7 Å². The number of hydrogen-bond donors (Lipinski definition) is 1. The molecule has 1 fully saturated rings. The Morgan fingerprint density at radius 1 is 1.25 bits per heavy atom. The number of anilines is 1. The van der Waals surface area contributed by atoms with Crippen LogP contribution in [0.25, 0.3) is 0 Å². The summed E-state index contributed by atoms with van der Waals surface area (Å²) in [4.78, 5) is 4.71. The molecule has 1 aliphatic heterocycles. The third-order valence-electron chi connectivity index (χ3n) is 3.72. The summed E-state index contributed by atoms with van der Waals surface area (Å²) in [5.74, 6) is 0. The van der Waals surface area contributed by atoms with E-state index in [1.54, 1.807) is 0 Å². The Kier molecular flexibility index (Phi) is 5.01. The summed E-state index contributed by atoms with van der Waals surface area (Å²) in [5.41, 5.74) is 4.09. The highest BCUT2D eigenvalue weighted by molar-refractivity contribution is 7.80. The second-order valence-electron chi connectivity index (χ2n) is 5.19. The summed E-state index contributed by atoms with van der Waals surface area (Å²) in [6.45, 7) is 12.8. The lowest BCUT2D eigenvalue weighted by molar-refractivity contribution is 0.381. The Morgan fingerprint density at radius 2 is 1.85 bits per heavy atom. The lowest BCUT2D eigenvalue weighted by Gasteiger charge is -2.38. The summed E-state index contributed by atoms with van der Waals surface area (Å²) in [6, 6.07) is 6.49. The molecule has 0 aliphatic carbocycles. The topological polar surface area (TPSA) is 18.5 Å². The van der Waals surface area contributed by atoms with Crippen LogP contribution in [0.3, 0.4) is 0 Å². The van der Waals surface area contributed by atoms with E-state index in [1.165, 1.54) is 16.8 Å². The molecule has 3 nitrogen and oxygen atoms in total. The number of nitrogens with one attached hydrogen (secondary N) is 1. The van der Waals surface area contributed by atoms with Crippen LogP contribution in [0, 0.1) is 13.8 Å². The molecule has 108 valence electrons. The predicted molar refractivity (Wildman–Crippen MR) is 90.5 cm³/mol. The molecule has 0 saturated carbocycles. The third-order valence-corrected chi connectivity index (χ3v) is 4.12. The molecule has 4 heteroatoms. The van der Waals surface area contributed by atoms with Gasteiger partial charge in [-0.3, -0.25) is 0 Å².